The van der Waals surface area contributed by atoms with E-state index in [4.69, 9.17) is 4.42 Å². The average Bonchev–Trinajstić information content (AvgIpc) is 3.27. The van der Waals surface area contributed by atoms with Gasteiger partial charge in [-0.15, -0.1) is 10.2 Å². The lowest BCUT2D eigenvalue weighted by Crippen LogP contribution is -2.17. The molecule has 0 aliphatic rings. The summed E-state index contributed by atoms with van der Waals surface area (Å²) in [5.41, 5.74) is 2.25. The van der Waals surface area contributed by atoms with Crippen LogP contribution in [-0.4, -0.2) is 20.7 Å². The van der Waals surface area contributed by atoms with Crippen LogP contribution in [-0.2, 0) is 11.3 Å². The number of nitrogens with one attached hydrogen (secondary N) is 1. The zero-order valence-corrected chi connectivity index (χ0v) is 15.1. The Balaban J connectivity index is 1.34. The molecule has 2 heterocycles. The molecule has 0 unspecified atom stereocenters. The van der Waals surface area contributed by atoms with Gasteiger partial charge >= 0.3 is 5.76 Å². The van der Waals surface area contributed by atoms with Crippen molar-refractivity contribution in [1.29, 1.82) is 0 Å². The summed E-state index contributed by atoms with van der Waals surface area (Å²) in [4.78, 5) is 24.1. The second-order valence-corrected chi connectivity index (χ2v) is 6.89. The Kier molecular flexibility index (Phi) is 4.80. The first-order valence-electron chi connectivity index (χ1n) is 8.48. The van der Waals surface area contributed by atoms with Gasteiger partial charge in [0, 0.05) is 18.5 Å². The van der Waals surface area contributed by atoms with Gasteiger partial charge in [-0.3, -0.25) is 9.36 Å². The van der Waals surface area contributed by atoms with E-state index in [-0.39, 0.29) is 12.3 Å². The van der Waals surface area contributed by atoms with Crippen LogP contribution in [0, 0.1) is 0 Å². The monoisotopic (exact) mass is 380 g/mol. The van der Waals surface area contributed by atoms with E-state index in [1.165, 1.54) is 11.3 Å². The van der Waals surface area contributed by atoms with E-state index in [2.05, 4.69) is 15.5 Å². The van der Waals surface area contributed by atoms with Crippen LogP contribution in [0.4, 0.5) is 5.13 Å². The molecule has 1 amide bonds. The van der Waals surface area contributed by atoms with Crippen molar-refractivity contribution in [2.24, 2.45) is 0 Å². The van der Waals surface area contributed by atoms with E-state index < -0.39 is 5.76 Å². The van der Waals surface area contributed by atoms with Crippen molar-refractivity contribution in [3.8, 4) is 10.6 Å². The summed E-state index contributed by atoms with van der Waals surface area (Å²) in [7, 11) is 0. The third kappa shape index (κ3) is 3.80. The highest BCUT2D eigenvalue weighted by atomic mass is 32.1. The second kappa shape index (κ2) is 7.55. The number of fused-ring (bicyclic) bond motifs is 1. The fourth-order valence-corrected chi connectivity index (χ4v) is 3.54. The molecule has 27 heavy (non-hydrogen) atoms. The number of anilines is 1. The summed E-state index contributed by atoms with van der Waals surface area (Å²) < 4.78 is 6.73. The number of carbonyl (C=O) groups is 1. The van der Waals surface area contributed by atoms with E-state index in [1.54, 1.807) is 10.6 Å². The van der Waals surface area contributed by atoms with Crippen molar-refractivity contribution < 1.29 is 9.21 Å². The van der Waals surface area contributed by atoms with Gasteiger partial charge in [-0.05, 0) is 18.6 Å². The fourth-order valence-electron chi connectivity index (χ4n) is 2.78. The van der Waals surface area contributed by atoms with Gasteiger partial charge in [0.05, 0.1) is 5.52 Å². The van der Waals surface area contributed by atoms with Gasteiger partial charge in [0.15, 0.2) is 5.58 Å². The number of aryl methyl sites for hydroxylation is 1. The van der Waals surface area contributed by atoms with E-state index in [0.29, 0.717) is 23.7 Å². The molecule has 0 aliphatic heterocycles. The van der Waals surface area contributed by atoms with Gasteiger partial charge in [0.25, 0.3) is 0 Å². The molecule has 136 valence electrons. The van der Waals surface area contributed by atoms with Crippen molar-refractivity contribution in [3.05, 3.63) is 65.1 Å². The normalized spacial score (nSPS) is 11.0. The Bertz CT molecular complexity index is 1130. The summed E-state index contributed by atoms with van der Waals surface area (Å²) in [6, 6.07) is 16.9. The number of aromatic nitrogens is 3. The Hall–Kier alpha value is -3.26. The first-order valence-corrected chi connectivity index (χ1v) is 9.29. The quantitative estimate of drug-likeness (QED) is 0.553. The lowest BCUT2D eigenvalue weighted by molar-refractivity contribution is -0.116. The molecule has 2 aromatic carbocycles. The first-order chi connectivity index (χ1) is 13.2. The highest BCUT2D eigenvalue weighted by molar-refractivity contribution is 7.18. The molecular weight excluding hydrogens is 364 g/mol. The van der Waals surface area contributed by atoms with E-state index >= 15 is 0 Å². The summed E-state index contributed by atoms with van der Waals surface area (Å²) in [6.07, 6.45) is 0.784. The summed E-state index contributed by atoms with van der Waals surface area (Å²) >= 11 is 1.33. The third-order valence-corrected chi connectivity index (χ3v) is 4.94. The highest BCUT2D eigenvalue weighted by Gasteiger charge is 2.11. The number of hydrogen-bond acceptors (Lipinski definition) is 6. The number of hydrogen-bond donors (Lipinski definition) is 1. The van der Waals surface area contributed by atoms with E-state index in [0.717, 1.165) is 16.1 Å². The molecule has 0 aliphatic carbocycles. The van der Waals surface area contributed by atoms with Crippen LogP contribution in [0.2, 0.25) is 0 Å². The van der Waals surface area contributed by atoms with Gasteiger partial charge < -0.3 is 9.73 Å². The molecule has 0 spiro atoms. The predicted molar refractivity (Wildman–Crippen MR) is 104 cm³/mol. The van der Waals surface area contributed by atoms with Crippen LogP contribution < -0.4 is 11.1 Å². The largest absolute Gasteiger partial charge is 0.419 e. The molecule has 0 atom stereocenters. The minimum absolute atomic E-state index is 0.161. The molecule has 8 heteroatoms. The van der Waals surface area contributed by atoms with Gasteiger partial charge in [0.1, 0.15) is 5.01 Å². The third-order valence-electron chi connectivity index (χ3n) is 4.05. The number of oxazole rings is 1. The van der Waals surface area contributed by atoms with Crippen molar-refractivity contribution in [1.82, 2.24) is 14.8 Å². The summed E-state index contributed by atoms with van der Waals surface area (Å²) in [6.45, 7) is 0.411. The van der Waals surface area contributed by atoms with E-state index in [1.807, 2.05) is 48.5 Å². The number of carbonyl (C=O) groups excluding carboxylic acids is 1. The van der Waals surface area contributed by atoms with Crippen molar-refractivity contribution in [2.75, 3.05) is 5.32 Å². The standard InChI is InChI=1S/C19H16N4O3S/c24-16(20-18-22-21-17(27-18)13-7-2-1-3-8-13)11-6-12-23-14-9-4-5-10-15(14)26-19(23)25/h1-5,7-10H,6,11-12H2,(H,20,22,24). The van der Waals surface area contributed by atoms with Crippen LogP contribution in [0.25, 0.3) is 21.7 Å². The molecule has 0 saturated heterocycles. The van der Waals surface area contributed by atoms with Gasteiger partial charge in [-0.25, -0.2) is 4.79 Å². The Morgan fingerprint density at radius 2 is 1.85 bits per heavy atom. The molecule has 0 radical (unpaired) electrons. The molecule has 0 saturated carbocycles. The lowest BCUT2D eigenvalue weighted by Gasteiger charge is -2.02. The van der Waals surface area contributed by atoms with Crippen LogP contribution in [0.5, 0.6) is 0 Å². The van der Waals surface area contributed by atoms with Crippen molar-refractivity contribution in [3.63, 3.8) is 0 Å². The number of amides is 1. The van der Waals surface area contributed by atoms with Crippen LogP contribution in [0.15, 0.2) is 63.8 Å². The molecule has 0 bridgehead atoms. The molecule has 7 nitrogen and oxygen atoms in total. The maximum atomic E-state index is 12.2. The van der Waals surface area contributed by atoms with Gasteiger partial charge in [0.2, 0.25) is 11.0 Å². The minimum atomic E-state index is -0.409. The Morgan fingerprint density at radius 3 is 2.70 bits per heavy atom. The highest BCUT2D eigenvalue weighted by Crippen LogP contribution is 2.26. The molecule has 0 fully saturated rings. The van der Waals surface area contributed by atoms with Crippen molar-refractivity contribution in [2.45, 2.75) is 19.4 Å². The fraction of sp³-hybridized carbons (Fsp3) is 0.158. The summed E-state index contributed by atoms with van der Waals surface area (Å²) in [5, 5.41) is 12.1. The minimum Gasteiger partial charge on any atom is -0.408 e. The molecule has 1 N–H and O–H groups in total. The zero-order chi connectivity index (χ0) is 18.6. The Labute approximate surface area is 158 Å². The number of para-hydroxylation sites is 2. The number of rotatable bonds is 6. The summed E-state index contributed by atoms with van der Waals surface area (Å²) in [5.74, 6) is -0.570. The smallest absolute Gasteiger partial charge is 0.408 e. The Morgan fingerprint density at radius 1 is 1.07 bits per heavy atom. The van der Waals surface area contributed by atoms with Crippen LogP contribution in [0.1, 0.15) is 12.8 Å². The first kappa shape index (κ1) is 17.2. The van der Waals surface area contributed by atoms with Crippen LogP contribution in [0.3, 0.4) is 0 Å². The van der Waals surface area contributed by atoms with Gasteiger partial charge in [-0.1, -0.05) is 53.8 Å². The van der Waals surface area contributed by atoms with Crippen molar-refractivity contribution >= 4 is 33.5 Å². The zero-order valence-electron chi connectivity index (χ0n) is 14.3. The number of nitrogens with zero attached hydrogens (tertiary/aromatic N) is 3. The maximum absolute atomic E-state index is 12.2. The maximum Gasteiger partial charge on any atom is 0.419 e. The average molecular weight is 380 g/mol. The second-order valence-electron chi connectivity index (χ2n) is 5.92. The molecule has 2 aromatic heterocycles. The topological polar surface area (TPSA) is 90.0 Å². The molecular formula is C19H16N4O3S. The van der Waals surface area contributed by atoms with Crippen LogP contribution >= 0.6 is 11.3 Å². The van der Waals surface area contributed by atoms with E-state index in [9.17, 15) is 9.59 Å². The number of benzene rings is 2. The SMILES string of the molecule is O=C(CCCn1c(=O)oc2ccccc21)Nc1nnc(-c2ccccc2)s1. The predicted octanol–water partition coefficient (Wildman–Crippen LogP) is 3.53. The molecule has 4 rings (SSSR count). The molecule has 4 aromatic rings. The lowest BCUT2D eigenvalue weighted by atomic mass is 10.2. The van der Waals surface area contributed by atoms with Gasteiger partial charge in [-0.2, -0.15) is 0 Å².